The highest BCUT2D eigenvalue weighted by Crippen LogP contribution is 2.47. The van der Waals surface area contributed by atoms with Gasteiger partial charge in [0.2, 0.25) is 0 Å². The molecule has 0 radical (unpaired) electrons. The monoisotopic (exact) mass is 393 g/mol. The zero-order chi connectivity index (χ0) is 19.8. The standard InChI is InChI=1S/C22H20FN3OS/c1-2-15-10-11-19(28-15)20-16(12-24)22(25)26(14-8-6-13(23)7-9-14)17-4-3-5-18(27)21(17)20/h6-11,20H,2-5,25H2,1H3/t20-/m0/s1. The second-order valence-corrected chi connectivity index (χ2v) is 8.15. The quantitative estimate of drug-likeness (QED) is 0.817. The molecule has 0 unspecified atom stereocenters. The molecule has 1 aliphatic carbocycles. The molecule has 2 aromatic rings. The zero-order valence-corrected chi connectivity index (χ0v) is 16.4. The summed E-state index contributed by atoms with van der Waals surface area (Å²) in [5.41, 5.74) is 9.00. The van der Waals surface area contributed by atoms with Crippen LogP contribution in [0, 0.1) is 17.1 Å². The molecular formula is C22H20FN3OS. The maximum atomic E-state index is 13.4. The third-order valence-corrected chi connectivity index (χ3v) is 6.61. The van der Waals surface area contributed by atoms with Crippen molar-refractivity contribution in [2.45, 2.75) is 38.5 Å². The number of carbonyl (C=O) groups excluding carboxylic acids is 1. The first kappa shape index (κ1) is 18.5. The number of hydrogen-bond acceptors (Lipinski definition) is 5. The molecule has 142 valence electrons. The summed E-state index contributed by atoms with van der Waals surface area (Å²) in [4.78, 5) is 16.9. The van der Waals surface area contributed by atoms with E-state index < -0.39 is 5.92 Å². The van der Waals surface area contributed by atoms with Crippen molar-refractivity contribution in [3.05, 3.63) is 74.6 Å². The molecule has 2 aliphatic rings. The van der Waals surface area contributed by atoms with Crippen molar-refractivity contribution in [3.63, 3.8) is 0 Å². The summed E-state index contributed by atoms with van der Waals surface area (Å²) in [6, 6.07) is 12.3. The summed E-state index contributed by atoms with van der Waals surface area (Å²) >= 11 is 1.62. The Morgan fingerprint density at radius 3 is 2.64 bits per heavy atom. The number of nitriles is 1. The van der Waals surface area contributed by atoms with Crippen LogP contribution in [0.5, 0.6) is 0 Å². The SMILES string of the molecule is CCc1ccc([C@@H]2C(C#N)=C(N)N(c3ccc(F)cc3)C3=C2C(=O)CCC3)s1. The smallest absolute Gasteiger partial charge is 0.161 e. The Labute approximate surface area is 167 Å². The topological polar surface area (TPSA) is 70.1 Å². The van der Waals surface area contributed by atoms with Gasteiger partial charge in [0, 0.05) is 33.1 Å². The van der Waals surface area contributed by atoms with Crippen molar-refractivity contribution < 1.29 is 9.18 Å². The molecule has 0 amide bonds. The Morgan fingerprint density at radius 1 is 1.25 bits per heavy atom. The van der Waals surface area contributed by atoms with E-state index in [-0.39, 0.29) is 11.6 Å². The molecule has 28 heavy (non-hydrogen) atoms. The molecule has 0 spiro atoms. The molecular weight excluding hydrogens is 373 g/mol. The van der Waals surface area contributed by atoms with E-state index in [9.17, 15) is 14.4 Å². The first-order chi connectivity index (χ1) is 13.5. The summed E-state index contributed by atoms with van der Waals surface area (Å²) in [7, 11) is 0. The van der Waals surface area contributed by atoms with Gasteiger partial charge in [0.05, 0.1) is 17.6 Å². The first-order valence-corrected chi connectivity index (χ1v) is 10.2. The first-order valence-electron chi connectivity index (χ1n) is 9.35. The van der Waals surface area contributed by atoms with Crippen molar-refractivity contribution in [3.8, 4) is 6.07 Å². The number of allylic oxidation sites excluding steroid dienone is 3. The second-order valence-electron chi connectivity index (χ2n) is 6.95. The van der Waals surface area contributed by atoms with Gasteiger partial charge < -0.3 is 5.73 Å². The molecule has 0 saturated heterocycles. The molecule has 2 N–H and O–H groups in total. The van der Waals surface area contributed by atoms with Gasteiger partial charge in [0.25, 0.3) is 0 Å². The van der Waals surface area contributed by atoms with Crippen molar-refractivity contribution in [2.75, 3.05) is 4.90 Å². The molecule has 6 heteroatoms. The number of anilines is 1. The number of hydrogen-bond donors (Lipinski definition) is 1. The van der Waals surface area contributed by atoms with E-state index >= 15 is 0 Å². The van der Waals surface area contributed by atoms with E-state index in [2.05, 4.69) is 13.0 Å². The third-order valence-electron chi connectivity index (χ3n) is 5.31. The van der Waals surface area contributed by atoms with Crippen LogP contribution in [0.25, 0.3) is 0 Å². The molecule has 0 bridgehead atoms. The lowest BCUT2D eigenvalue weighted by Gasteiger charge is -2.39. The van der Waals surface area contributed by atoms with E-state index in [4.69, 9.17) is 5.73 Å². The molecule has 1 aromatic heterocycles. The van der Waals surface area contributed by atoms with Crippen LogP contribution in [-0.4, -0.2) is 5.78 Å². The predicted octanol–water partition coefficient (Wildman–Crippen LogP) is 4.75. The van der Waals surface area contributed by atoms with Crippen LogP contribution in [0.4, 0.5) is 10.1 Å². The van der Waals surface area contributed by atoms with Crippen LogP contribution in [0.3, 0.4) is 0 Å². The lowest BCUT2D eigenvalue weighted by Crippen LogP contribution is -2.38. The van der Waals surface area contributed by atoms with Crippen LogP contribution in [0.15, 0.2) is 59.1 Å². The van der Waals surface area contributed by atoms with Gasteiger partial charge in [0.15, 0.2) is 5.78 Å². The van der Waals surface area contributed by atoms with Crippen LogP contribution in [0.1, 0.15) is 41.9 Å². The lowest BCUT2D eigenvalue weighted by atomic mass is 9.78. The van der Waals surface area contributed by atoms with Crippen molar-refractivity contribution in [1.82, 2.24) is 0 Å². The van der Waals surface area contributed by atoms with E-state index in [1.807, 2.05) is 12.1 Å². The van der Waals surface area contributed by atoms with Crippen molar-refractivity contribution in [1.29, 1.82) is 5.26 Å². The number of ketones is 1. The lowest BCUT2D eigenvalue weighted by molar-refractivity contribution is -0.116. The number of Topliss-reactive ketones (excluding diaryl/α,β-unsaturated/α-hetero) is 1. The Balaban J connectivity index is 1.93. The Kier molecular flexibility index (Phi) is 4.78. The van der Waals surface area contributed by atoms with Gasteiger partial charge in [-0.25, -0.2) is 4.39 Å². The number of nitrogens with two attached hydrogens (primary N) is 1. The number of halogens is 1. The summed E-state index contributed by atoms with van der Waals surface area (Å²) in [5.74, 6) is -0.389. The highest BCUT2D eigenvalue weighted by atomic mass is 32.1. The maximum Gasteiger partial charge on any atom is 0.161 e. The third kappa shape index (κ3) is 2.92. The molecule has 4 nitrogen and oxygen atoms in total. The van der Waals surface area contributed by atoms with Crippen LogP contribution < -0.4 is 10.6 Å². The Morgan fingerprint density at radius 2 is 2.00 bits per heavy atom. The molecule has 1 atom stereocenters. The zero-order valence-electron chi connectivity index (χ0n) is 15.5. The van der Waals surface area contributed by atoms with E-state index in [1.54, 1.807) is 28.4 Å². The molecule has 0 fully saturated rings. The summed E-state index contributed by atoms with van der Waals surface area (Å²) < 4.78 is 13.4. The molecule has 0 saturated carbocycles. The van der Waals surface area contributed by atoms with Crippen LogP contribution >= 0.6 is 11.3 Å². The average Bonchev–Trinajstić information content (AvgIpc) is 3.17. The summed E-state index contributed by atoms with van der Waals surface area (Å²) in [6.07, 6.45) is 2.81. The number of benzene rings is 1. The minimum atomic E-state index is -0.421. The summed E-state index contributed by atoms with van der Waals surface area (Å²) in [5, 5.41) is 9.94. The number of rotatable bonds is 3. The molecule has 2 heterocycles. The minimum Gasteiger partial charge on any atom is -0.384 e. The highest BCUT2D eigenvalue weighted by Gasteiger charge is 2.40. The van der Waals surface area contributed by atoms with E-state index in [0.717, 1.165) is 23.4 Å². The predicted molar refractivity (Wildman–Crippen MR) is 108 cm³/mol. The number of aryl methyl sites for hydroxylation is 1. The van der Waals surface area contributed by atoms with E-state index in [1.165, 1.54) is 17.0 Å². The van der Waals surface area contributed by atoms with Gasteiger partial charge >= 0.3 is 0 Å². The average molecular weight is 393 g/mol. The maximum absolute atomic E-state index is 13.4. The largest absolute Gasteiger partial charge is 0.384 e. The van der Waals surface area contributed by atoms with Gasteiger partial charge in [-0.1, -0.05) is 6.92 Å². The molecule has 4 rings (SSSR count). The van der Waals surface area contributed by atoms with Gasteiger partial charge in [-0.05, 0) is 55.7 Å². The second kappa shape index (κ2) is 7.25. The normalized spacial score (nSPS) is 19.7. The fourth-order valence-corrected chi connectivity index (χ4v) is 5.07. The number of thiophene rings is 1. The Hall–Kier alpha value is -2.91. The fraction of sp³-hybridized carbons (Fsp3) is 0.273. The van der Waals surface area contributed by atoms with Crippen LogP contribution in [0.2, 0.25) is 0 Å². The van der Waals surface area contributed by atoms with Crippen LogP contribution in [-0.2, 0) is 11.2 Å². The van der Waals surface area contributed by atoms with Gasteiger partial charge in [-0.2, -0.15) is 5.26 Å². The van der Waals surface area contributed by atoms with Crippen molar-refractivity contribution >= 4 is 22.8 Å². The van der Waals surface area contributed by atoms with Gasteiger partial charge in [-0.3, -0.25) is 9.69 Å². The Bertz CT molecular complexity index is 1040. The van der Waals surface area contributed by atoms with Gasteiger partial charge in [-0.15, -0.1) is 11.3 Å². The molecule has 1 aliphatic heterocycles. The summed E-state index contributed by atoms with van der Waals surface area (Å²) in [6.45, 7) is 2.08. The fourth-order valence-electron chi connectivity index (χ4n) is 4.00. The minimum absolute atomic E-state index is 0.0602. The van der Waals surface area contributed by atoms with Crippen molar-refractivity contribution in [2.24, 2.45) is 5.73 Å². The highest BCUT2D eigenvalue weighted by molar-refractivity contribution is 7.12. The number of nitrogens with zero attached hydrogens (tertiary/aromatic N) is 2. The van der Waals surface area contributed by atoms with Gasteiger partial charge in [0.1, 0.15) is 11.6 Å². The molecule has 1 aromatic carbocycles. The number of carbonyl (C=O) groups is 1. The van der Waals surface area contributed by atoms with E-state index in [0.29, 0.717) is 35.5 Å².